The number of thiophene rings is 1. The Morgan fingerprint density at radius 2 is 1.29 bits per heavy atom. The molecule has 0 aliphatic rings. The molecule has 4 rings (SSSR count). The minimum Gasteiger partial charge on any atom is -0.456 e. The van der Waals surface area contributed by atoms with Crippen molar-refractivity contribution in [3.63, 3.8) is 0 Å². The van der Waals surface area contributed by atoms with E-state index in [2.05, 4.69) is 9.44 Å². The molecule has 2 N–H and O–H groups in total. The SMILES string of the molecule is O=S(=O)(Nc1cc(Cl)c(Cl)cc1NS(=O)(=O)c1cccs1)c1ccc(Oc2ccccc2Cl)cc1. The minimum absolute atomic E-state index is 0.0342. The monoisotopic (exact) mass is 588 g/mol. The van der Waals surface area contributed by atoms with Crippen LogP contribution in [-0.4, -0.2) is 16.8 Å². The topological polar surface area (TPSA) is 102 Å². The molecule has 0 atom stereocenters. The first-order valence-corrected chi connectivity index (χ1v) is 14.6. The summed E-state index contributed by atoms with van der Waals surface area (Å²) in [5, 5.41) is 2.08. The van der Waals surface area contributed by atoms with Crippen LogP contribution in [0.15, 0.2) is 87.3 Å². The standard InChI is InChI=1S/C22H15Cl3N2O5S3/c23-16-4-1-2-5-21(16)32-14-7-9-15(10-8-14)34(28,29)26-19-12-17(24)18(25)13-20(19)27-35(30,31)22-6-3-11-33-22/h1-13,26-27H. The van der Waals surface area contributed by atoms with Crippen molar-refractivity contribution in [3.05, 3.63) is 93.2 Å². The van der Waals surface area contributed by atoms with Crippen LogP contribution in [0.4, 0.5) is 11.4 Å². The first-order chi connectivity index (χ1) is 16.5. The maximum Gasteiger partial charge on any atom is 0.271 e. The maximum atomic E-state index is 13.0. The summed E-state index contributed by atoms with van der Waals surface area (Å²) in [6.07, 6.45) is 0. The van der Waals surface area contributed by atoms with Gasteiger partial charge in [0, 0.05) is 0 Å². The molecule has 35 heavy (non-hydrogen) atoms. The Labute approximate surface area is 221 Å². The molecule has 13 heteroatoms. The lowest BCUT2D eigenvalue weighted by atomic mass is 10.3. The van der Waals surface area contributed by atoms with Crippen molar-refractivity contribution in [1.29, 1.82) is 0 Å². The molecule has 0 aliphatic carbocycles. The second kappa shape index (κ2) is 10.3. The van der Waals surface area contributed by atoms with E-state index >= 15 is 0 Å². The Morgan fingerprint density at radius 3 is 1.86 bits per heavy atom. The lowest BCUT2D eigenvalue weighted by Crippen LogP contribution is -2.17. The fourth-order valence-electron chi connectivity index (χ4n) is 2.87. The summed E-state index contributed by atoms with van der Waals surface area (Å²) in [6.45, 7) is 0. The molecule has 0 amide bonds. The Kier molecular flexibility index (Phi) is 7.51. The average molecular weight is 590 g/mol. The highest BCUT2D eigenvalue weighted by atomic mass is 35.5. The minimum atomic E-state index is -4.14. The zero-order valence-electron chi connectivity index (χ0n) is 17.4. The molecule has 0 saturated heterocycles. The van der Waals surface area contributed by atoms with Gasteiger partial charge >= 0.3 is 0 Å². The average Bonchev–Trinajstić information content (AvgIpc) is 3.35. The fraction of sp³-hybridized carbons (Fsp3) is 0. The molecule has 182 valence electrons. The van der Waals surface area contributed by atoms with Crippen molar-refractivity contribution >= 4 is 77.6 Å². The van der Waals surface area contributed by atoms with Gasteiger partial charge in [0.1, 0.15) is 15.7 Å². The number of para-hydroxylation sites is 1. The van der Waals surface area contributed by atoms with Gasteiger partial charge in [0.2, 0.25) is 0 Å². The van der Waals surface area contributed by atoms with Crippen molar-refractivity contribution in [3.8, 4) is 11.5 Å². The third-order valence-electron chi connectivity index (χ3n) is 4.51. The molecule has 1 heterocycles. The Morgan fingerprint density at radius 1 is 0.686 bits per heavy atom. The first kappa shape index (κ1) is 25.6. The number of rotatable bonds is 8. The number of ether oxygens (including phenoxy) is 1. The number of benzene rings is 3. The molecule has 0 spiro atoms. The summed E-state index contributed by atoms with van der Waals surface area (Å²) < 4.78 is 61.9. The van der Waals surface area contributed by atoms with Crippen molar-refractivity contribution in [2.75, 3.05) is 9.44 Å². The summed E-state index contributed by atoms with van der Waals surface area (Å²) in [5.41, 5.74) is -0.189. The van der Waals surface area contributed by atoms with Gasteiger partial charge in [0.15, 0.2) is 0 Å². The second-order valence-corrected chi connectivity index (χ2v) is 12.7. The van der Waals surface area contributed by atoms with Crippen LogP contribution in [0.3, 0.4) is 0 Å². The molecule has 0 aliphatic heterocycles. The van der Waals surface area contributed by atoms with Crippen molar-refractivity contribution in [2.24, 2.45) is 0 Å². The van der Waals surface area contributed by atoms with Gasteiger partial charge in [-0.2, -0.15) is 0 Å². The highest BCUT2D eigenvalue weighted by molar-refractivity contribution is 7.94. The summed E-state index contributed by atoms with van der Waals surface area (Å²) in [4.78, 5) is -0.0952. The number of anilines is 2. The third-order valence-corrected chi connectivity index (χ3v) is 9.69. The third kappa shape index (κ3) is 6.03. The molecule has 3 aromatic carbocycles. The van der Waals surface area contributed by atoms with Crippen molar-refractivity contribution < 1.29 is 21.6 Å². The van der Waals surface area contributed by atoms with E-state index in [0.717, 1.165) is 11.3 Å². The first-order valence-electron chi connectivity index (χ1n) is 9.66. The van der Waals surface area contributed by atoms with E-state index in [4.69, 9.17) is 39.5 Å². The van der Waals surface area contributed by atoms with Crippen LogP contribution in [0, 0.1) is 0 Å². The molecule has 4 aromatic rings. The van der Waals surface area contributed by atoms with Crippen molar-refractivity contribution in [1.82, 2.24) is 0 Å². The smallest absolute Gasteiger partial charge is 0.271 e. The molecule has 0 saturated carbocycles. The largest absolute Gasteiger partial charge is 0.456 e. The Hall–Kier alpha value is -2.47. The normalized spacial score (nSPS) is 11.7. The molecular formula is C22H15Cl3N2O5S3. The number of sulfonamides is 2. The lowest BCUT2D eigenvalue weighted by Gasteiger charge is -2.16. The van der Waals surface area contributed by atoms with Crippen LogP contribution in [0.5, 0.6) is 11.5 Å². The zero-order valence-corrected chi connectivity index (χ0v) is 22.1. The van der Waals surface area contributed by atoms with Crippen LogP contribution in [0.1, 0.15) is 0 Å². The van der Waals surface area contributed by atoms with Crippen LogP contribution in [0.2, 0.25) is 15.1 Å². The van der Waals surface area contributed by atoms with E-state index in [0.29, 0.717) is 16.5 Å². The summed E-state index contributed by atoms with van der Waals surface area (Å²) >= 11 is 19.2. The number of nitrogens with one attached hydrogen (secondary N) is 2. The Bertz CT molecular complexity index is 1580. The van der Waals surface area contributed by atoms with Gasteiger partial charge in [-0.05, 0) is 60.0 Å². The lowest BCUT2D eigenvalue weighted by molar-refractivity contribution is 0.482. The van der Waals surface area contributed by atoms with Crippen LogP contribution in [0.25, 0.3) is 0 Å². The van der Waals surface area contributed by atoms with E-state index in [1.165, 1.54) is 42.5 Å². The number of halogens is 3. The molecular weight excluding hydrogens is 575 g/mol. The molecule has 7 nitrogen and oxygen atoms in total. The quantitative estimate of drug-likeness (QED) is 0.228. The van der Waals surface area contributed by atoms with Crippen LogP contribution < -0.4 is 14.2 Å². The van der Waals surface area contributed by atoms with E-state index in [-0.39, 0.29) is 30.5 Å². The fourth-order valence-corrected chi connectivity index (χ4v) is 6.51. The van der Waals surface area contributed by atoms with Gasteiger partial charge in [-0.1, -0.05) is 53.0 Å². The van der Waals surface area contributed by atoms with E-state index in [1.807, 2.05) is 0 Å². The van der Waals surface area contributed by atoms with Gasteiger partial charge in [-0.25, -0.2) is 16.8 Å². The van der Waals surface area contributed by atoms with E-state index in [1.54, 1.807) is 35.7 Å². The predicted molar refractivity (Wildman–Crippen MR) is 140 cm³/mol. The number of hydrogen-bond donors (Lipinski definition) is 2. The van der Waals surface area contributed by atoms with Crippen molar-refractivity contribution in [2.45, 2.75) is 9.10 Å². The zero-order chi connectivity index (χ0) is 25.2. The predicted octanol–water partition coefficient (Wildman–Crippen LogP) is 7.10. The van der Waals surface area contributed by atoms with Crippen LogP contribution >= 0.6 is 46.1 Å². The van der Waals surface area contributed by atoms with Crippen LogP contribution in [-0.2, 0) is 20.0 Å². The summed E-state index contributed by atoms with van der Waals surface area (Å²) in [5.74, 6) is 0.789. The maximum absolute atomic E-state index is 13.0. The molecule has 0 unspecified atom stereocenters. The van der Waals surface area contributed by atoms with E-state index < -0.39 is 20.0 Å². The summed E-state index contributed by atoms with van der Waals surface area (Å²) in [6, 6.07) is 17.9. The molecule has 0 bridgehead atoms. The highest BCUT2D eigenvalue weighted by Gasteiger charge is 2.22. The number of hydrogen-bond acceptors (Lipinski definition) is 6. The molecule has 0 fully saturated rings. The molecule has 0 radical (unpaired) electrons. The Balaban J connectivity index is 1.60. The van der Waals surface area contributed by atoms with Gasteiger partial charge in [0.25, 0.3) is 20.0 Å². The highest BCUT2D eigenvalue weighted by Crippen LogP contribution is 2.36. The van der Waals surface area contributed by atoms with Gasteiger partial charge in [-0.15, -0.1) is 11.3 Å². The van der Waals surface area contributed by atoms with Gasteiger partial charge in [0.05, 0.1) is 31.3 Å². The van der Waals surface area contributed by atoms with E-state index in [9.17, 15) is 16.8 Å². The summed E-state index contributed by atoms with van der Waals surface area (Å²) in [7, 11) is -8.11. The van der Waals surface area contributed by atoms with Gasteiger partial charge < -0.3 is 4.74 Å². The molecule has 1 aromatic heterocycles. The van der Waals surface area contributed by atoms with Gasteiger partial charge in [-0.3, -0.25) is 9.44 Å². The second-order valence-electron chi connectivity index (χ2n) is 6.96.